The normalized spacial score (nSPS) is 24.4. The number of hydrogen-bond donors (Lipinski definition) is 2. The van der Waals surface area contributed by atoms with Gasteiger partial charge in [-0.25, -0.2) is 17.6 Å². The van der Waals surface area contributed by atoms with E-state index < -0.39 is 43.0 Å². The fraction of sp³-hybridized carbons (Fsp3) is 0.457. The zero-order chi connectivity index (χ0) is 33.1. The Kier molecular flexibility index (Phi) is 7.88. The van der Waals surface area contributed by atoms with Crippen LogP contribution in [0.3, 0.4) is 0 Å². The van der Waals surface area contributed by atoms with Gasteiger partial charge >= 0.3 is 6.01 Å². The summed E-state index contributed by atoms with van der Waals surface area (Å²) in [4.78, 5) is 17.0. The third kappa shape index (κ3) is 5.49. The lowest BCUT2D eigenvalue weighted by molar-refractivity contribution is -0.0375. The van der Waals surface area contributed by atoms with Crippen LogP contribution in [0.1, 0.15) is 44.1 Å². The number of benzene rings is 2. The first-order valence-corrected chi connectivity index (χ1v) is 15.9. The van der Waals surface area contributed by atoms with Crippen LogP contribution in [-0.2, 0) is 0 Å². The molecule has 4 heterocycles. The molecule has 3 atom stereocenters. The fourth-order valence-electron chi connectivity index (χ4n) is 8.14. The second-order valence-corrected chi connectivity index (χ2v) is 13.3. The third-order valence-corrected chi connectivity index (χ3v) is 10.2. The molecule has 12 heteroatoms. The van der Waals surface area contributed by atoms with Crippen molar-refractivity contribution in [2.24, 2.45) is 11.3 Å². The number of ether oxygens (including phenoxy) is 1. The van der Waals surface area contributed by atoms with Crippen LogP contribution in [-0.4, -0.2) is 81.9 Å². The molecule has 0 amide bonds. The van der Waals surface area contributed by atoms with E-state index >= 15 is 4.39 Å². The van der Waals surface area contributed by atoms with Gasteiger partial charge in [-0.2, -0.15) is 9.97 Å². The Hall–Kier alpha value is -4.21. The summed E-state index contributed by atoms with van der Waals surface area (Å²) in [5.41, 5.74) is -0.724. The van der Waals surface area contributed by atoms with Crippen LogP contribution >= 0.6 is 0 Å². The minimum atomic E-state index is -3.13. The van der Waals surface area contributed by atoms with Crippen LogP contribution < -0.4 is 9.64 Å². The Morgan fingerprint density at radius 2 is 1.96 bits per heavy atom. The molecular weight excluding hydrogens is 614 g/mol. The zero-order valence-corrected chi connectivity index (χ0v) is 25.9. The van der Waals surface area contributed by atoms with Gasteiger partial charge in [0.25, 0.3) is 5.92 Å². The molecule has 2 N–H and O–H groups in total. The summed E-state index contributed by atoms with van der Waals surface area (Å²) in [6.45, 7) is 0.181. The standard InChI is InChI=1S/C35H35F4N5O3/c1-3-23-26(36)8-7-21-12-22(46)13-24(28(21)23)30-29(37)31-25(15-40-30)32(44-16-20(17-45)14-35(38,39)18-44)42-33(41-31)47-19-34-9-4-6-27(34)43(2)11-5-10-34/h1,7-8,12-13,15,20,27,45-46H,4-6,9-11,14,16-19H2,2H3/t20?,27-,34?/m1/s1. The number of fused-ring (bicyclic) bond motifs is 3. The van der Waals surface area contributed by atoms with Crippen LogP contribution in [0, 0.1) is 35.3 Å². The van der Waals surface area contributed by atoms with Gasteiger partial charge in [-0.15, -0.1) is 6.42 Å². The molecule has 3 aliphatic rings. The van der Waals surface area contributed by atoms with Crippen molar-refractivity contribution in [3.63, 3.8) is 0 Å². The number of aromatic hydroxyl groups is 1. The molecule has 4 aromatic rings. The van der Waals surface area contributed by atoms with Crippen molar-refractivity contribution in [2.75, 3.05) is 44.8 Å². The smallest absolute Gasteiger partial charge is 0.319 e. The highest BCUT2D eigenvalue weighted by Crippen LogP contribution is 2.48. The maximum atomic E-state index is 16.8. The average Bonchev–Trinajstić information content (AvgIpc) is 3.48. The number of terminal acetylenes is 1. The first kappa shape index (κ1) is 31.4. The van der Waals surface area contributed by atoms with Gasteiger partial charge in [-0.3, -0.25) is 4.98 Å². The topological polar surface area (TPSA) is 94.8 Å². The van der Waals surface area contributed by atoms with Crippen molar-refractivity contribution in [1.29, 1.82) is 0 Å². The van der Waals surface area contributed by atoms with Crippen molar-refractivity contribution >= 4 is 27.5 Å². The van der Waals surface area contributed by atoms with Gasteiger partial charge in [0.05, 0.1) is 24.1 Å². The number of hydrogen-bond acceptors (Lipinski definition) is 8. The molecule has 47 heavy (non-hydrogen) atoms. The van der Waals surface area contributed by atoms with Crippen molar-refractivity contribution in [3.8, 4) is 35.4 Å². The van der Waals surface area contributed by atoms with E-state index in [1.54, 1.807) is 0 Å². The summed E-state index contributed by atoms with van der Waals surface area (Å²) >= 11 is 0. The second kappa shape index (κ2) is 11.8. The Morgan fingerprint density at radius 1 is 1.15 bits per heavy atom. The van der Waals surface area contributed by atoms with Crippen molar-refractivity contribution in [3.05, 3.63) is 47.7 Å². The highest BCUT2D eigenvalue weighted by molar-refractivity contribution is 6.03. The van der Waals surface area contributed by atoms with E-state index in [9.17, 15) is 23.4 Å². The average molecular weight is 650 g/mol. The molecule has 2 aromatic carbocycles. The van der Waals surface area contributed by atoms with E-state index in [0.717, 1.165) is 38.6 Å². The Morgan fingerprint density at radius 3 is 2.74 bits per heavy atom. The first-order valence-electron chi connectivity index (χ1n) is 15.9. The van der Waals surface area contributed by atoms with Crippen LogP contribution in [0.4, 0.5) is 23.4 Å². The van der Waals surface area contributed by atoms with Gasteiger partial charge in [0.15, 0.2) is 5.82 Å². The molecule has 7 rings (SSSR count). The number of phenolic OH excluding ortho intramolecular Hbond substituents is 1. The predicted molar refractivity (Wildman–Crippen MR) is 170 cm³/mol. The van der Waals surface area contributed by atoms with E-state index in [0.29, 0.717) is 11.4 Å². The number of phenols is 1. The van der Waals surface area contributed by atoms with Crippen LogP contribution in [0.15, 0.2) is 30.5 Å². The Balaban J connectivity index is 1.39. The monoisotopic (exact) mass is 649 g/mol. The number of aliphatic hydroxyl groups is 1. The number of rotatable bonds is 6. The molecule has 0 radical (unpaired) electrons. The molecule has 1 aliphatic carbocycles. The van der Waals surface area contributed by atoms with Gasteiger partial charge in [0, 0.05) is 54.1 Å². The highest BCUT2D eigenvalue weighted by Gasteiger charge is 2.47. The summed E-state index contributed by atoms with van der Waals surface area (Å²) in [5, 5.41) is 20.9. The molecule has 2 saturated heterocycles. The first-order chi connectivity index (χ1) is 22.5. The lowest BCUT2D eigenvalue weighted by Crippen LogP contribution is -2.50. The number of halogens is 4. The van der Waals surface area contributed by atoms with E-state index in [-0.39, 0.29) is 69.3 Å². The number of anilines is 1. The lowest BCUT2D eigenvalue weighted by atomic mass is 9.76. The summed E-state index contributed by atoms with van der Waals surface area (Å²) in [5.74, 6) is -3.39. The van der Waals surface area contributed by atoms with Gasteiger partial charge in [0.2, 0.25) is 0 Å². The number of piperidine rings is 2. The molecule has 246 valence electrons. The number of pyridine rings is 1. The lowest BCUT2D eigenvalue weighted by Gasteiger charge is -2.44. The van der Waals surface area contributed by atoms with Gasteiger partial charge < -0.3 is 24.7 Å². The number of aliphatic hydroxyl groups excluding tert-OH is 1. The molecule has 8 nitrogen and oxygen atoms in total. The summed E-state index contributed by atoms with van der Waals surface area (Å²) in [6, 6.07) is 5.38. The quantitative estimate of drug-likeness (QED) is 0.197. The summed E-state index contributed by atoms with van der Waals surface area (Å²) < 4.78 is 67.7. The van der Waals surface area contributed by atoms with Gasteiger partial charge in [-0.1, -0.05) is 18.4 Å². The number of likely N-dealkylation sites (tertiary alicyclic amines) is 1. The number of nitrogens with zero attached hydrogens (tertiary/aromatic N) is 5. The number of alkyl halides is 2. The van der Waals surface area contributed by atoms with Crippen molar-refractivity contribution < 1.29 is 32.5 Å². The minimum absolute atomic E-state index is 0.0122. The maximum absolute atomic E-state index is 16.8. The molecule has 2 unspecified atom stereocenters. The number of aromatic nitrogens is 3. The zero-order valence-electron chi connectivity index (χ0n) is 25.9. The van der Waals surface area contributed by atoms with Crippen molar-refractivity contribution in [1.82, 2.24) is 19.9 Å². The van der Waals surface area contributed by atoms with E-state index in [1.165, 1.54) is 35.4 Å². The third-order valence-electron chi connectivity index (χ3n) is 10.2. The maximum Gasteiger partial charge on any atom is 0.319 e. The molecular formula is C35H35F4N5O3. The summed E-state index contributed by atoms with van der Waals surface area (Å²) in [6.07, 6.45) is 11.5. The molecule has 0 spiro atoms. The molecule has 3 fully saturated rings. The Bertz CT molecular complexity index is 1920. The minimum Gasteiger partial charge on any atom is -0.508 e. The molecule has 1 saturated carbocycles. The van der Waals surface area contributed by atoms with E-state index in [4.69, 9.17) is 11.2 Å². The molecule has 0 bridgehead atoms. The van der Waals surface area contributed by atoms with Crippen LogP contribution in [0.25, 0.3) is 32.9 Å². The van der Waals surface area contributed by atoms with Gasteiger partial charge in [0.1, 0.15) is 28.6 Å². The van der Waals surface area contributed by atoms with Crippen LogP contribution in [0.2, 0.25) is 0 Å². The second-order valence-electron chi connectivity index (χ2n) is 13.3. The molecule has 2 aliphatic heterocycles. The largest absolute Gasteiger partial charge is 0.508 e. The van der Waals surface area contributed by atoms with E-state index in [1.807, 2.05) is 0 Å². The van der Waals surface area contributed by atoms with Gasteiger partial charge in [-0.05, 0) is 62.9 Å². The van der Waals surface area contributed by atoms with Crippen molar-refractivity contribution in [2.45, 2.75) is 50.5 Å². The Labute approximate surface area is 269 Å². The van der Waals surface area contributed by atoms with E-state index in [2.05, 4.69) is 32.8 Å². The molecule has 2 aromatic heterocycles. The van der Waals surface area contributed by atoms with Crippen LogP contribution in [0.5, 0.6) is 11.8 Å². The fourth-order valence-corrected chi connectivity index (χ4v) is 8.14. The predicted octanol–water partition coefficient (Wildman–Crippen LogP) is 5.91. The highest BCUT2D eigenvalue weighted by atomic mass is 19.3. The summed E-state index contributed by atoms with van der Waals surface area (Å²) in [7, 11) is 2.11. The SMILES string of the molecule is C#Cc1c(F)ccc2cc(O)cc(-c3ncc4c(N5CC(CO)CC(F)(F)C5)nc(OCC56CCC[C@H]5N(C)CCC6)nc4c3F)c12.